The summed E-state index contributed by atoms with van der Waals surface area (Å²) in [5.41, 5.74) is 2.00. The van der Waals surface area contributed by atoms with Gasteiger partial charge < -0.3 is 10.1 Å². The van der Waals surface area contributed by atoms with Gasteiger partial charge in [-0.25, -0.2) is 4.79 Å². The number of hydrogen-bond donors (Lipinski definition) is 2. The van der Waals surface area contributed by atoms with E-state index in [2.05, 4.69) is 4.98 Å². The van der Waals surface area contributed by atoms with Gasteiger partial charge in [0.1, 0.15) is 4.88 Å². The van der Waals surface area contributed by atoms with E-state index >= 15 is 0 Å². The van der Waals surface area contributed by atoms with Gasteiger partial charge in [0.05, 0.1) is 5.56 Å². The van der Waals surface area contributed by atoms with Gasteiger partial charge in [0.2, 0.25) is 0 Å². The summed E-state index contributed by atoms with van der Waals surface area (Å²) in [6, 6.07) is 10.8. The second kappa shape index (κ2) is 4.61. The Hall–Kier alpha value is -2.40. The lowest BCUT2D eigenvalue weighted by molar-refractivity contribution is 0.0702. The van der Waals surface area contributed by atoms with Crippen molar-refractivity contribution in [1.82, 2.24) is 4.98 Å². The number of hydrogen-bond acceptors (Lipinski definition) is 3. The number of H-pyrrole nitrogens is 1. The number of carboxylic acids is 1. The summed E-state index contributed by atoms with van der Waals surface area (Å²) in [6.07, 6.45) is 0. The maximum Gasteiger partial charge on any atom is 0.345 e. The number of nitrogens with one attached hydrogen (secondary N) is 1. The topological polar surface area (TPSA) is 70.2 Å². The first-order valence-electron chi connectivity index (χ1n) is 6.03. The van der Waals surface area contributed by atoms with Crippen molar-refractivity contribution in [3.63, 3.8) is 0 Å². The highest BCUT2D eigenvalue weighted by molar-refractivity contribution is 7.17. The van der Waals surface area contributed by atoms with Gasteiger partial charge in [0, 0.05) is 15.8 Å². The van der Waals surface area contributed by atoms with Crippen LogP contribution in [0, 0.1) is 6.92 Å². The summed E-state index contributed by atoms with van der Waals surface area (Å²) < 4.78 is 0. The van der Waals surface area contributed by atoms with E-state index in [0.29, 0.717) is 10.4 Å². The smallest absolute Gasteiger partial charge is 0.345 e. The van der Waals surface area contributed by atoms with Crippen molar-refractivity contribution in [2.75, 3.05) is 0 Å². The number of benzene rings is 1. The fraction of sp³-hybridized carbons (Fsp3) is 0.0667. The molecule has 0 atom stereocenters. The normalized spacial score (nSPS) is 10.8. The SMILES string of the molecule is Cc1c(-c2ccc(C(=O)O)s2)c(=O)[nH]c2ccccc12. The number of para-hydroxylation sites is 1. The van der Waals surface area contributed by atoms with Gasteiger partial charge in [0.15, 0.2) is 0 Å². The number of carbonyl (C=O) groups is 1. The maximum absolute atomic E-state index is 12.2. The molecule has 0 fully saturated rings. The molecule has 0 saturated heterocycles. The maximum atomic E-state index is 12.2. The van der Waals surface area contributed by atoms with Gasteiger partial charge in [-0.15, -0.1) is 11.3 Å². The fourth-order valence-corrected chi connectivity index (χ4v) is 3.24. The standard InChI is InChI=1S/C15H11NO3S/c1-8-9-4-2-3-5-10(9)16-14(17)13(8)11-6-7-12(20-11)15(18)19/h2-7H,1H3,(H,16,17)(H,18,19). The molecule has 0 aliphatic heterocycles. The molecule has 20 heavy (non-hydrogen) atoms. The van der Waals surface area contributed by atoms with Gasteiger partial charge in [-0.3, -0.25) is 4.79 Å². The van der Waals surface area contributed by atoms with E-state index in [-0.39, 0.29) is 10.4 Å². The van der Waals surface area contributed by atoms with Crippen LogP contribution in [0.15, 0.2) is 41.2 Å². The zero-order valence-corrected chi connectivity index (χ0v) is 11.5. The van der Waals surface area contributed by atoms with Crippen molar-refractivity contribution in [2.24, 2.45) is 0 Å². The average Bonchev–Trinajstić information content (AvgIpc) is 2.88. The minimum absolute atomic E-state index is 0.194. The van der Waals surface area contributed by atoms with Crippen LogP contribution in [0.1, 0.15) is 15.2 Å². The summed E-state index contributed by atoms with van der Waals surface area (Å²) in [7, 11) is 0. The van der Waals surface area contributed by atoms with E-state index in [4.69, 9.17) is 5.11 Å². The van der Waals surface area contributed by atoms with Crippen molar-refractivity contribution in [1.29, 1.82) is 0 Å². The molecule has 0 spiro atoms. The first kappa shape index (κ1) is 12.6. The first-order valence-corrected chi connectivity index (χ1v) is 6.84. The first-order chi connectivity index (χ1) is 9.58. The van der Waals surface area contributed by atoms with Crippen LogP contribution < -0.4 is 5.56 Å². The van der Waals surface area contributed by atoms with Gasteiger partial charge >= 0.3 is 5.97 Å². The van der Waals surface area contributed by atoms with E-state index in [1.807, 2.05) is 31.2 Å². The second-order valence-electron chi connectivity index (χ2n) is 4.47. The molecule has 2 aromatic heterocycles. The number of pyridine rings is 1. The number of aromatic nitrogens is 1. The monoisotopic (exact) mass is 285 g/mol. The lowest BCUT2D eigenvalue weighted by Gasteiger charge is -2.06. The van der Waals surface area contributed by atoms with Crippen LogP contribution in [0.4, 0.5) is 0 Å². The third-order valence-corrected chi connectivity index (χ3v) is 4.34. The molecule has 0 saturated carbocycles. The molecule has 0 radical (unpaired) electrons. The van der Waals surface area contributed by atoms with E-state index in [1.54, 1.807) is 6.07 Å². The third-order valence-electron chi connectivity index (χ3n) is 3.24. The van der Waals surface area contributed by atoms with Gasteiger partial charge in [-0.2, -0.15) is 0 Å². The molecule has 100 valence electrons. The van der Waals surface area contributed by atoms with Gasteiger partial charge in [0.25, 0.3) is 5.56 Å². The average molecular weight is 285 g/mol. The second-order valence-corrected chi connectivity index (χ2v) is 5.55. The Bertz CT molecular complexity index is 876. The Morgan fingerprint density at radius 1 is 1.20 bits per heavy atom. The van der Waals surface area contributed by atoms with Crippen molar-refractivity contribution < 1.29 is 9.90 Å². The zero-order valence-electron chi connectivity index (χ0n) is 10.6. The number of aromatic carboxylic acids is 1. The Kier molecular flexibility index (Phi) is 2.91. The molecule has 3 rings (SSSR count). The number of aromatic amines is 1. The fourth-order valence-electron chi connectivity index (χ4n) is 2.29. The molecule has 2 heterocycles. The van der Waals surface area contributed by atoms with Crippen LogP contribution in [-0.2, 0) is 0 Å². The van der Waals surface area contributed by atoms with Crippen LogP contribution in [0.3, 0.4) is 0 Å². The van der Waals surface area contributed by atoms with Crippen molar-refractivity contribution in [2.45, 2.75) is 6.92 Å². The highest BCUT2D eigenvalue weighted by atomic mass is 32.1. The lowest BCUT2D eigenvalue weighted by Crippen LogP contribution is -2.10. The van der Waals surface area contributed by atoms with Crippen LogP contribution in [0.5, 0.6) is 0 Å². The molecular formula is C15H11NO3S. The van der Waals surface area contributed by atoms with Gasteiger partial charge in [-0.1, -0.05) is 18.2 Å². The molecule has 5 heteroatoms. The number of thiophene rings is 1. The number of aryl methyl sites for hydroxylation is 1. The number of rotatable bonds is 2. The van der Waals surface area contributed by atoms with Crippen LogP contribution in [0.25, 0.3) is 21.3 Å². The molecule has 0 aliphatic carbocycles. The molecule has 0 bridgehead atoms. The number of fused-ring (bicyclic) bond motifs is 1. The minimum atomic E-state index is -0.976. The Labute approximate surface area is 118 Å². The highest BCUT2D eigenvalue weighted by Crippen LogP contribution is 2.30. The van der Waals surface area contributed by atoms with Crippen molar-refractivity contribution in [3.05, 3.63) is 57.2 Å². The summed E-state index contributed by atoms with van der Waals surface area (Å²) in [5, 5.41) is 9.95. The summed E-state index contributed by atoms with van der Waals surface area (Å²) in [5.74, 6) is -0.976. The Morgan fingerprint density at radius 3 is 2.65 bits per heavy atom. The highest BCUT2D eigenvalue weighted by Gasteiger charge is 2.15. The molecule has 2 N–H and O–H groups in total. The van der Waals surface area contributed by atoms with Crippen molar-refractivity contribution >= 4 is 28.2 Å². The lowest BCUT2D eigenvalue weighted by atomic mass is 10.0. The van der Waals surface area contributed by atoms with E-state index in [9.17, 15) is 9.59 Å². The largest absolute Gasteiger partial charge is 0.477 e. The molecule has 0 aliphatic rings. The quantitative estimate of drug-likeness (QED) is 0.759. The predicted octanol–water partition coefficient (Wildman–Crippen LogP) is 3.26. The molecule has 0 unspecified atom stereocenters. The number of carboxylic acid groups (broad SMARTS) is 1. The zero-order chi connectivity index (χ0) is 14.3. The molecule has 0 amide bonds. The summed E-state index contributed by atoms with van der Waals surface area (Å²) in [4.78, 5) is 26.9. The molecule has 1 aromatic carbocycles. The van der Waals surface area contributed by atoms with E-state index in [1.165, 1.54) is 6.07 Å². The van der Waals surface area contributed by atoms with E-state index in [0.717, 1.165) is 27.8 Å². The van der Waals surface area contributed by atoms with Crippen LogP contribution >= 0.6 is 11.3 Å². The summed E-state index contributed by atoms with van der Waals surface area (Å²) in [6.45, 7) is 1.88. The third kappa shape index (κ3) is 1.92. The van der Waals surface area contributed by atoms with Gasteiger partial charge in [-0.05, 0) is 30.7 Å². The van der Waals surface area contributed by atoms with E-state index < -0.39 is 5.97 Å². The molecule has 4 nitrogen and oxygen atoms in total. The minimum Gasteiger partial charge on any atom is -0.477 e. The Balaban J connectivity index is 2.30. The van der Waals surface area contributed by atoms with Crippen LogP contribution in [-0.4, -0.2) is 16.1 Å². The van der Waals surface area contributed by atoms with Crippen LogP contribution in [0.2, 0.25) is 0 Å². The van der Waals surface area contributed by atoms with Crippen molar-refractivity contribution in [3.8, 4) is 10.4 Å². The Morgan fingerprint density at radius 2 is 1.95 bits per heavy atom. The predicted molar refractivity (Wildman–Crippen MR) is 79.6 cm³/mol. The molecular weight excluding hydrogens is 274 g/mol. The molecule has 3 aromatic rings. The summed E-state index contributed by atoms with van der Waals surface area (Å²) >= 11 is 1.11.